The highest BCUT2D eigenvalue weighted by molar-refractivity contribution is 6.03. The second-order valence-corrected chi connectivity index (χ2v) is 6.86. The molecular formula is C21H25N4O5+. The maximum Gasteiger partial charge on any atom is 0.347 e. The Balaban J connectivity index is 1.54. The lowest BCUT2D eigenvalue weighted by molar-refractivity contribution is -0.364. The number of esters is 1. The standard InChI is InChI=1S/C21H24N4O5/c1-14-5-3-7-17(15(14)2)23-21(28)24-18(26)13-30-20(27)16-6-4-8-22-19(16)25-9-11-29-12-10-25/h3-8H,9-13H2,1-2H3,(H2,23,24,26,28)/p+1. The number of hydrogen-bond donors (Lipinski definition) is 2. The van der Waals surface area contributed by atoms with Crippen LogP contribution in [0.15, 0.2) is 36.5 Å². The number of anilines is 2. The molecule has 1 aromatic heterocycles. The number of ether oxygens (including phenoxy) is 2. The summed E-state index contributed by atoms with van der Waals surface area (Å²) in [4.78, 5) is 41.6. The van der Waals surface area contributed by atoms with Gasteiger partial charge in [-0.25, -0.2) is 14.6 Å². The van der Waals surface area contributed by atoms with Gasteiger partial charge in [0.05, 0.1) is 19.4 Å². The summed E-state index contributed by atoms with van der Waals surface area (Å²) in [6.45, 7) is 5.63. The first-order chi connectivity index (χ1) is 14.5. The Labute approximate surface area is 174 Å². The summed E-state index contributed by atoms with van der Waals surface area (Å²) in [5, 5.41) is 4.78. The predicted octanol–water partition coefficient (Wildman–Crippen LogP) is 1.46. The predicted molar refractivity (Wildman–Crippen MR) is 109 cm³/mol. The summed E-state index contributed by atoms with van der Waals surface area (Å²) in [6, 6.07) is 8.09. The number of H-pyrrole nitrogens is 1. The van der Waals surface area contributed by atoms with Crippen LogP contribution >= 0.6 is 0 Å². The number of hydrogen-bond acceptors (Lipinski definition) is 6. The van der Waals surface area contributed by atoms with E-state index >= 15 is 0 Å². The van der Waals surface area contributed by atoms with Gasteiger partial charge in [-0.2, -0.15) is 0 Å². The van der Waals surface area contributed by atoms with Crippen LogP contribution in [0, 0.1) is 13.8 Å². The summed E-state index contributed by atoms with van der Waals surface area (Å²) >= 11 is 0. The van der Waals surface area contributed by atoms with Crippen molar-refractivity contribution in [2.75, 3.05) is 43.1 Å². The van der Waals surface area contributed by atoms with E-state index in [2.05, 4.69) is 15.6 Å². The van der Waals surface area contributed by atoms with Crippen LogP contribution in [-0.2, 0) is 14.3 Å². The molecule has 3 amide bonds. The topological polar surface area (TPSA) is 111 Å². The van der Waals surface area contributed by atoms with Gasteiger partial charge in [0.15, 0.2) is 6.61 Å². The second kappa shape index (κ2) is 9.84. The number of carbonyl (C=O) groups excluding carboxylic acids is 3. The molecule has 0 aliphatic carbocycles. The van der Waals surface area contributed by atoms with Crippen molar-refractivity contribution in [2.24, 2.45) is 0 Å². The molecule has 3 N–H and O–H groups in total. The van der Waals surface area contributed by atoms with Crippen LogP contribution in [0.1, 0.15) is 21.5 Å². The van der Waals surface area contributed by atoms with E-state index in [9.17, 15) is 14.4 Å². The van der Waals surface area contributed by atoms with E-state index in [1.54, 1.807) is 24.4 Å². The first-order valence-corrected chi connectivity index (χ1v) is 9.63. The lowest BCUT2D eigenvalue weighted by atomic mass is 10.1. The number of pyridine rings is 1. The van der Waals surface area contributed by atoms with Crippen molar-refractivity contribution in [3.8, 4) is 0 Å². The summed E-state index contributed by atoms with van der Waals surface area (Å²) in [5.41, 5.74) is 2.84. The van der Waals surface area contributed by atoms with Gasteiger partial charge in [-0.3, -0.25) is 15.0 Å². The van der Waals surface area contributed by atoms with E-state index in [0.717, 1.165) is 11.1 Å². The van der Waals surface area contributed by atoms with Crippen molar-refractivity contribution in [3.63, 3.8) is 0 Å². The first kappa shape index (κ1) is 21.3. The van der Waals surface area contributed by atoms with Gasteiger partial charge in [0.2, 0.25) is 0 Å². The molecule has 0 unspecified atom stereocenters. The number of carbonyl (C=O) groups is 3. The number of nitrogens with zero attached hydrogens (tertiary/aromatic N) is 1. The molecule has 158 valence electrons. The number of aryl methyl sites for hydroxylation is 1. The van der Waals surface area contributed by atoms with Gasteiger partial charge in [0, 0.05) is 5.69 Å². The molecule has 0 radical (unpaired) electrons. The Hall–Kier alpha value is -3.46. The summed E-state index contributed by atoms with van der Waals surface area (Å²) in [5.74, 6) is -0.767. The molecule has 3 rings (SSSR count). The van der Waals surface area contributed by atoms with Gasteiger partial charge >= 0.3 is 12.0 Å². The average molecular weight is 413 g/mol. The number of imide groups is 1. The summed E-state index contributed by atoms with van der Waals surface area (Å²) in [6.07, 6.45) is 1.71. The van der Waals surface area contributed by atoms with Crippen molar-refractivity contribution in [1.29, 1.82) is 0 Å². The highest BCUT2D eigenvalue weighted by Gasteiger charge is 2.27. The average Bonchev–Trinajstić information content (AvgIpc) is 2.76. The molecule has 2 aromatic rings. The van der Waals surface area contributed by atoms with Crippen LogP contribution < -0.4 is 20.5 Å². The minimum Gasteiger partial charge on any atom is -0.452 e. The number of amides is 3. The molecule has 2 heterocycles. The highest BCUT2D eigenvalue weighted by Crippen LogP contribution is 2.18. The Morgan fingerprint density at radius 2 is 1.90 bits per heavy atom. The molecule has 0 saturated carbocycles. The fourth-order valence-corrected chi connectivity index (χ4v) is 3.05. The maximum absolute atomic E-state index is 12.5. The fraction of sp³-hybridized carbons (Fsp3) is 0.333. The largest absolute Gasteiger partial charge is 0.452 e. The normalized spacial score (nSPS) is 13.5. The molecule has 9 nitrogen and oxygen atoms in total. The van der Waals surface area contributed by atoms with Crippen LogP contribution in [0.3, 0.4) is 0 Å². The zero-order valence-electron chi connectivity index (χ0n) is 17.0. The molecule has 1 fully saturated rings. The number of rotatable bonds is 5. The van der Waals surface area contributed by atoms with Gasteiger partial charge in [-0.15, -0.1) is 0 Å². The van der Waals surface area contributed by atoms with Crippen molar-refractivity contribution in [1.82, 2.24) is 5.32 Å². The van der Waals surface area contributed by atoms with E-state index in [-0.39, 0.29) is 0 Å². The quantitative estimate of drug-likeness (QED) is 0.718. The molecule has 9 heteroatoms. The van der Waals surface area contributed by atoms with Crippen molar-refractivity contribution in [3.05, 3.63) is 53.2 Å². The first-order valence-electron chi connectivity index (χ1n) is 9.63. The molecule has 0 bridgehead atoms. The third-order valence-corrected chi connectivity index (χ3v) is 4.82. The zero-order valence-corrected chi connectivity index (χ0v) is 17.0. The van der Waals surface area contributed by atoms with E-state index < -0.39 is 24.5 Å². The number of aromatic nitrogens is 1. The van der Waals surface area contributed by atoms with Crippen molar-refractivity contribution < 1.29 is 28.8 Å². The van der Waals surface area contributed by atoms with Gasteiger partial charge < -0.3 is 14.8 Å². The van der Waals surface area contributed by atoms with Gasteiger partial charge in [-0.1, -0.05) is 12.1 Å². The lowest BCUT2D eigenvalue weighted by Gasteiger charge is -2.22. The summed E-state index contributed by atoms with van der Waals surface area (Å²) < 4.78 is 10.4. The number of benzene rings is 1. The van der Waals surface area contributed by atoms with E-state index in [4.69, 9.17) is 9.47 Å². The maximum atomic E-state index is 12.5. The van der Waals surface area contributed by atoms with E-state index in [0.29, 0.717) is 43.4 Å². The van der Waals surface area contributed by atoms with Crippen LogP contribution in [-0.4, -0.2) is 50.8 Å². The third kappa shape index (κ3) is 5.32. The number of nitrogens with one attached hydrogen (secondary N) is 3. The number of urea groups is 1. The van der Waals surface area contributed by atoms with Crippen molar-refractivity contribution in [2.45, 2.75) is 13.8 Å². The minimum atomic E-state index is -0.723. The van der Waals surface area contributed by atoms with Crippen LogP contribution in [0.2, 0.25) is 0 Å². The number of morpholine rings is 1. The molecule has 1 aliphatic heterocycles. The summed E-state index contributed by atoms with van der Waals surface area (Å²) in [7, 11) is 0. The van der Waals surface area contributed by atoms with Crippen LogP contribution in [0.4, 0.5) is 16.3 Å². The zero-order chi connectivity index (χ0) is 21.5. The van der Waals surface area contributed by atoms with Gasteiger partial charge in [0.25, 0.3) is 11.7 Å². The number of aromatic amines is 1. The van der Waals surface area contributed by atoms with E-state index in [1.807, 2.05) is 30.9 Å². The van der Waals surface area contributed by atoms with Crippen LogP contribution in [0.5, 0.6) is 0 Å². The SMILES string of the molecule is Cc1cccc(NC(=O)NC(=O)COC(=O)c2ccc[nH+]c2N2CCOCC2)c1C. The van der Waals surface area contributed by atoms with Gasteiger partial charge in [0.1, 0.15) is 18.7 Å². The Kier molecular flexibility index (Phi) is 6.97. The van der Waals surface area contributed by atoms with Crippen molar-refractivity contribution >= 4 is 29.4 Å². The second-order valence-electron chi connectivity index (χ2n) is 6.86. The molecule has 1 aliphatic rings. The van der Waals surface area contributed by atoms with Crippen LogP contribution in [0.25, 0.3) is 0 Å². The molecule has 0 atom stereocenters. The molecule has 0 spiro atoms. The smallest absolute Gasteiger partial charge is 0.347 e. The molecule has 1 aromatic carbocycles. The Bertz CT molecular complexity index is 941. The molecular weight excluding hydrogens is 388 g/mol. The fourth-order valence-electron chi connectivity index (χ4n) is 3.05. The monoisotopic (exact) mass is 413 g/mol. The lowest BCUT2D eigenvalue weighted by Crippen LogP contribution is -2.41. The third-order valence-electron chi connectivity index (χ3n) is 4.82. The highest BCUT2D eigenvalue weighted by atomic mass is 16.5. The van der Waals surface area contributed by atoms with Gasteiger partial charge in [-0.05, 0) is 43.2 Å². The van der Waals surface area contributed by atoms with E-state index in [1.165, 1.54) is 0 Å². The Morgan fingerprint density at radius 1 is 1.13 bits per heavy atom. The Morgan fingerprint density at radius 3 is 2.67 bits per heavy atom. The minimum absolute atomic E-state index is 0.312. The molecule has 30 heavy (non-hydrogen) atoms. The molecule has 1 saturated heterocycles.